The van der Waals surface area contributed by atoms with E-state index in [2.05, 4.69) is 10.1 Å². The number of rotatable bonds is 7. The van der Waals surface area contributed by atoms with Gasteiger partial charge in [0, 0.05) is 23.7 Å². The van der Waals surface area contributed by atoms with Crippen LogP contribution in [0.1, 0.15) is 37.0 Å². The summed E-state index contributed by atoms with van der Waals surface area (Å²) in [5, 5.41) is 13.4. The van der Waals surface area contributed by atoms with Crippen LogP contribution in [0, 0.1) is 16.0 Å². The number of nitro groups is 1. The highest BCUT2D eigenvalue weighted by Crippen LogP contribution is 2.14. The molecule has 1 unspecified atom stereocenters. The molecule has 1 N–H and O–H groups in total. The van der Waals surface area contributed by atoms with E-state index in [1.54, 1.807) is 0 Å². The number of nitrogens with zero attached hydrogens (tertiary/aromatic N) is 1. The largest absolute Gasteiger partial charge is 0.469 e. The molecule has 0 radical (unpaired) electrons. The molecule has 7 heteroatoms. The minimum absolute atomic E-state index is 0.0789. The van der Waals surface area contributed by atoms with Gasteiger partial charge in [0.25, 0.3) is 11.6 Å². The average Bonchev–Trinajstić information content (AvgIpc) is 2.46. The number of non-ortho nitro benzene ring substituents is 1. The van der Waals surface area contributed by atoms with E-state index in [9.17, 15) is 19.7 Å². The number of hydrogen-bond donors (Lipinski definition) is 1. The molecule has 1 amide bonds. The molecule has 0 saturated heterocycles. The van der Waals surface area contributed by atoms with Crippen molar-refractivity contribution in [2.45, 2.75) is 32.7 Å². The Morgan fingerprint density at radius 3 is 2.32 bits per heavy atom. The molecule has 0 heterocycles. The van der Waals surface area contributed by atoms with E-state index < -0.39 is 10.9 Å². The van der Waals surface area contributed by atoms with Gasteiger partial charge in [0.2, 0.25) is 0 Å². The summed E-state index contributed by atoms with van der Waals surface area (Å²) in [5.74, 6) is -0.467. The van der Waals surface area contributed by atoms with Gasteiger partial charge < -0.3 is 10.1 Å². The van der Waals surface area contributed by atoms with Crippen LogP contribution in [0.3, 0.4) is 0 Å². The number of amides is 1. The Balaban J connectivity index is 2.76. The quantitative estimate of drug-likeness (QED) is 0.473. The van der Waals surface area contributed by atoms with Crippen LogP contribution in [0.4, 0.5) is 5.69 Å². The van der Waals surface area contributed by atoms with Crippen molar-refractivity contribution in [1.29, 1.82) is 0 Å². The Kier molecular flexibility index (Phi) is 6.49. The van der Waals surface area contributed by atoms with Crippen LogP contribution < -0.4 is 5.32 Å². The Bertz CT molecular complexity index is 539. The molecule has 0 saturated carbocycles. The number of hydrogen-bond acceptors (Lipinski definition) is 5. The summed E-state index contributed by atoms with van der Waals surface area (Å²) in [7, 11) is 1.30. The van der Waals surface area contributed by atoms with E-state index >= 15 is 0 Å². The average molecular weight is 308 g/mol. The first-order chi connectivity index (χ1) is 10.3. The number of ether oxygens (including phenoxy) is 1. The molecule has 1 aromatic rings. The molecule has 0 aliphatic heterocycles. The molecular weight excluding hydrogens is 288 g/mol. The van der Waals surface area contributed by atoms with Gasteiger partial charge in [-0.1, -0.05) is 13.8 Å². The van der Waals surface area contributed by atoms with E-state index in [1.807, 2.05) is 13.8 Å². The van der Waals surface area contributed by atoms with Crippen molar-refractivity contribution in [3.63, 3.8) is 0 Å². The maximum absolute atomic E-state index is 12.2. The summed E-state index contributed by atoms with van der Waals surface area (Å²) in [5.41, 5.74) is 0.231. The van der Waals surface area contributed by atoms with Gasteiger partial charge in [-0.05, 0) is 24.5 Å². The lowest BCUT2D eigenvalue weighted by Crippen LogP contribution is -2.37. The Morgan fingerprint density at radius 1 is 1.27 bits per heavy atom. The summed E-state index contributed by atoms with van der Waals surface area (Å²) in [4.78, 5) is 33.6. The van der Waals surface area contributed by atoms with Crippen LogP contribution >= 0.6 is 0 Å². The monoisotopic (exact) mass is 308 g/mol. The number of carbonyl (C=O) groups is 2. The van der Waals surface area contributed by atoms with Crippen molar-refractivity contribution in [2.24, 2.45) is 5.92 Å². The minimum atomic E-state index is -0.527. The molecule has 7 nitrogen and oxygen atoms in total. The number of nitrogens with one attached hydrogen (secondary N) is 1. The zero-order valence-electron chi connectivity index (χ0n) is 12.9. The molecule has 0 fully saturated rings. The maximum Gasteiger partial charge on any atom is 0.307 e. The van der Waals surface area contributed by atoms with Crippen LogP contribution in [0.2, 0.25) is 0 Å². The first-order valence-electron chi connectivity index (χ1n) is 6.95. The first-order valence-corrected chi connectivity index (χ1v) is 6.95. The lowest BCUT2D eigenvalue weighted by atomic mass is 10.0. The standard InChI is InChI=1S/C15H20N2O5/c1-10(2)8-12(9-14(18)22-3)16-15(19)11-4-6-13(7-5-11)17(20)21/h4-7,10,12H,8-9H2,1-3H3,(H,16,19). The van der Waals surface area contributed by atoms with E-state index in [-0.39, 0.29) is 24.1 Å². The third-order valence-electron chi connectivity index (χ3n) is 3.07. The second-order valence-corrected chi connectivity index (χ2v) is 5.38. The second kappa shape index (κ2) is 8.11. The fraction of sp³-hybridized carbons (Fsp3) is 0.467. The van der Waals surface area contributed by atoms with Crippen molar-refractivity contribution in [3.8, 4) is 0 Å². The zero-order valence-corrected chi connectivity index (χ0v) is 12.9. The fourth-order valence-electron chi connectivity index (χ4n) is 2.05. The molecule has 0 aliphatic rings. The van der Waals surface area contributed by atoms with Gasteiger partial charge in [-0.15, -0.1) is 0 Å². The molecule has 120 valence electrons. The lowest BCUT2D eigenvalue weighted by Gasteiger charge is -2.19. The summed E-state index contributed by atoms with van der Waals surface area (Å²) in [6, 6.07) is 4.98. The molecule has 1 atom stereocenters. The van der Waals surface area contributed by atoms with Gasteiger partial charge in [0.15, 0.2) is 0 Å². The molecule has 0 aliphatic carbocycles. The highest BCUT2D eigenvalue weighted by Gasteiger charge is 2.19. The summed E-state index contributed by atoms with van der Waals surface area (Å²) in [6.45, 7) is 3.98. The molecule has 0 spiro atoms. The van der Waals surface area contributed by atoms with Crippen LogP contribution in [-0.4, -0.2) is 30.0 Å². The lowest BCUT2D eigenvalue weighted by molar-refractivity contribution is -0.384. The van der Waals surface area contributed by atoms with E-state index in [1.165, 1.54) is 31.4 Å². The normalized spacial score (nSPS) is 11.8. The smallest absolute Gasteiger partial charge is 0.307 e. The van der Waals surface area contributed by atoms with Gasteiger partial charge >= 0.3 is 5.97 Å². The molecule has 0 aromatic heterocycles. The van der Waals surface area contributed by atoms with Gasteiger partial charge in [-0.2, -0.15) is 0 Å². The predicted molar refractivity (Wildman–Crippen MR) is 80.4 cm³/mol. The highest BCUT2D eigenvalue weighted by molar-refractivity contribution is 5.94. The first kappa shape index (κ1) is 17.6. The molecule has 1 aromatic carbocycles. The van der Waals surface area contributed by atoms with Crippen molar-refractivity contribution in [2.75, 3.05) is 7.11 Å². The second-order valence-electron chi connectivity index (χ2n) is 5.38. The zero-order chi connectivity index (χ0) is 16.7. The SMILES string of the molecule is COC(=O)CC(CC(C)C)NC(=O)c1ccc([N+](=O)[O-])cc1. The third kappa shape index (κ3) is 5.51. The van der Waals surface area contributed by atoms with E-state index in [0.29, 0.717) is 17.9 Å². The van der Waals surface area contributed by atoms with Crippen LogP contribution in [-0.2, 0) is 9.53 Å². The number of nitro benzene ring substituents is 1. The molecule has 1 rings (SSSR count). The van der Waals surface area contributed by atoms with Gasteiger partial charge in [-0.25, -0.2) is 0 Å². The fourth-order valence-corrected chi connectivity index (χ4v) is 2.05. The number of esters is 1. The molecule has 0 bridgehead atoms. The molecular formula is C15H20N2O5. The van der Waals surface area contributed by atoms with Crippen LogP contribution in [0.15, 0.2) is 24.3 Å². The van der Waals surface area contributed by atoms with Crippen molar-refractivity contribution in [3.05, 3.63) is 39.9 Å². The predicted octanol–water partition coefficient (Wildman–Crippen LogP) is 2.30. The summed E-state index contributed by atoms with van der Waals surface area (Å²) < 4.78 is 4.63. The summed E-state index contributed by atoms with van der Waals surface area (Å²) >= 11 is 0. The van der Waals surface area contributed by atoms with Crippen molar-refractivity contribution >= 4 is 17.6 Å². The van der Waals surface area contributed by atoms with Crippen molar-refractivity contribution < 1.29 is 19.2 Å². The van der Waals surface area contributed by atoms with Crippen molar-refractivity contribution in [1.82, 2.24) is 5.32 Å². The van der Waals surface area contributed by atoms with Gasteiger partial charge in [0.05, 0.1) is 18.5 Å². The van der Waals surface area contributed by atoms with E-state index in [4.69, 9.17) is 0 Å². The van der Waals surface area contributed by atoms with Gasteiger partial charge in [-0.3, -0.25) is 19.7 Å². The highest BCUT2D eigenvalue weighted by atomic mass is 16.6. The van der Waals surface area contributed by atoms with Crippen LogP contribution in [0.25, 0.3) is 0 Å². The Labute approximate surface area is 128 Å². The number of methoxy groups -OCH3 is 1. The third-order valence-corrected chi connectivity index (χ3v) is 3.07. The molecule has 22 heavy (non-hydrogen) atoms. The summed E-state index contributed by atoms with van der Waals surface area (Å²) in [6.07, 6.45) is 0.723. The topological polar surface area (TPSA) is 98.5 Å². The Morgan fingerprint density at radius 2 is 1.86 bits per heavy atom. The van der Waals surface area contributed by atoms with Gasteiger partial charge in [0.1, 0.15) is 0 Å². The Hall–Kier alpha value is -2.44. The minimum Gasteiger partial charge on any atom is -0.469 e. The van der Waals surface area contributed by atoms with E-state index in [0.717, 1.165) is 0 Å². The maximum atomic E-state index is 12.2. The number of carbonyl (C=O) groups excluding carboxylic acids is 2. The van der Waals surface area contributed by atoms with Crippen LogP contribution in [0.5, 0.6) is 0 Å². The number of benzene rings is 1.